The van der Waals surface area contributed by atoms with Gasteiger partial charge in [0.1, 0.15) is 0 Å². The van der Waals surface area contributed by atoms with Crippen LogP contribution in [0.4, 0.5) is 0 Å². The minimum atomic E-state index is -0.313. The molecule has 7 nitrogen and oxygen atoms in total. The molecule has 160 valence electrons. The first-order chi connectivity index (χ1) is 15.1. The van der Waals surface area contributed by atoms with E-state index < -0.39 is 0 Å². The van der Waals surface area contributed by atoms with E-state index in [1.807, 2.05) is 24.4 Å². The minimum Gasteiger partial charge on any atom is -0.454 e. The average molecular weight is 419 g/mol. The van der Waals surface area contributed by atoms with Crippen molar-refractivity contribution in [2.24, 2.45) is 5.92 Å². The highest BCUT2D eigenvalue weighted by atomic mass is 16.7. The Hall–Kier alpha value is -3.48. The van der Waals surface area contributed by atoms with Crippen LogP contribution in [0.1, 0.15) is 23.1 Å². The van der Waals surface area contributed by atoms with E-state index in [2.05, 4.69) is 35.4 Å². The molecule has 5 rings (SSSR count). The second-order valence-electron chi connectivity index (χ2n) is 8.26. The van der Waals surface area contributed by atoms with Crippen molar-refractivity contribution in [3.8, 4) is 11.5 Å². The Morgan fingerprint density at radius 2 is 2.06 bits per heavy atom. The summed E-state index contributed by atoms with van der Waals surface area (Å²) in [7, 11) is 0. The highest BCUT2D eigenvalue weighted by Gasteiger charge is 2.34. The van der Waals surface area contributed by atoms with Crippen LogP contribution in [0.15, 0.2) is 42.6 Å². The second kappa shape index (κ2) is 7.98. The Kier molecular flexibility index (Phi) is 5.02. The van der Waals surface area contributed by atoms with E-state index in [1.54, 1.807) is 4.90 Å². The number of rotatable bonds is 6. The van der Waals surface area contributed by atoms with Crippen LogP contribution >= 0.6 is 0 Å². The molecule has 1 aromatic heterocycles. The number of benzene rings is 2. The number of fused-ring (bicyclic) bond motifs is 2. The molecule has 3 aromatic rings. The molecule has 2 amide bonds. The lowest BCUT2D eigenvalue weighted by molar-refractivity contribution is -0.129. The van der Waals surface area contributed by atoms with Gasteiger partial charge in [0.25, 0.3) is 0 Å². The molecule has 2 N–H and O–H groups in total. The number of aromatic nitrogens is 1. The molecular formula is C24H25N3O4. The number of nitrogens with one attached hydrogen (secondary N) is 2. The maximum absolute atomic E-state index is 12.6. The Morgan fingerprint density at radius 3 is 2.97 bits per heavy atom. The molecule has 1 saturated heterocycles. The van der Waals surface area contributed by atoms with Gasteiger partial charge in [0, 0.05) is 43.2 Å². The van der Waals surface area contributed by atoms with Gasteiger partial charge in [-0.15, -0.1) is 0 Å². The van der Waals surface area contributed by atoms with Gasteiger partial charge >= 0.3 is 0 Å². The summed E-state index contributed by atoms with van der Waals surface area (Å²) in [5.74, 6) is 1.06. The monoisotopic (exact) mass is 419 g/mol. The number of hydrogen-bond donors (Lipinski definition) is 2. The van der Waals surface area contributed by atoms with Crippen LogP contribution in [-0.2, 0) is 22.6 Å². The van der Waals surface area contributed by atoms with Crippen LogP contribution in [0.2, 0.25) is 0 Å². The van der Waals surface area contributed by atoms with E-state index >= 15 is 0 Å². The van der Waals surface area contributed by atoms with Gasteiger partial charge in [-0.3, -0.25) is 9.59 Å². The number of ether oxygens (including phenoxy) is 2. The van der Waals surface area contributed by atoms with Gasteiger partial charge in [-0.25, -0.2) is 0 Å². The number of carbonyl (C=O) groups excluding carboxylic acids is 2. The molecule has 2 aliphatic rings. The molecule has 7 heteroatoms. The number of aryl methyl sites for hydroxylation is 1. The lowest BCUT2D eigenvalue weighted by Crippen LogP contribution is -2.33. The van der Waals surface area contributed by atoms with Crippen LogP contribution in [0, 0.1) is 12.8 Å². The standard InChI is InChI=1S/C24H25N3O4/c1-15-2-4-20-19(8-15)17(12-25-20)6-7-27-13-18(10-23(27)28)24(29)26-11-16-3-5-21-22(9-16)31-14-30-21/h2-5,8-9,12,18,25H,6-7,10-11,13-14H2,1H3,(H,26,29)/t18-/m0/s1. The molecule has 0 saturated carbocycles. The fourth-order valence-electron chi connectivity index (χ4n) is 4.30. The lowest BCUT2D eigenvalue weighted by Gasteiger charge is -2.16. The van der Waals surface area contributed by atoms with Gasteiger partial charge in [-0.1, -0.05) is 17.7 Å². The van der Waals surface area contributed by atoms with Gasteiger partial charge in [-0.05, 0) is 48.7 Å². The van der Waals surface area contributed by atoms with Crippen molar-refractivity contribution in [2.45, 2.75) is 26.3 Å². The van der Waals surface area contributed by atoms with Crippen LogP contribution < -0.4 is 14.8 Å². The zero-order valence-electron chi connectivity index (χ0n) is 17.4. The number of H-pyrrole nitrogens is 1. The van der Waals surface area contributed by atoms with Crippen molar-refractivity contribution in [1.29, 1.82) is 0 Å². The predicted molar refractivity (Wildman–Crippen MR) is 116 cm³/mol. The molecule has 2 aromatic carbocycles. The molecule has 1 fully saturated rings. The van der Waals surface area contributed by atoms with Gasteiger partial charge in [-0.2, -0.15) is 0 Å². The summed E-state index contributed by atoms with van der Waals surface area (Å²) in [5.41, 5.74) is 4.45. The van der Waals surface area contributed by atoms with Crippen LogP contribution in [0.5, 0.6) is 11.5 Å². The lowest BCUT2D eigenvalue weighted by atomic mass is 10.1. The Labute approximate surface area is 180 Å². The fraction of sp³-hybridized carbons (Fsp3) is 0.333. The number of carbonyl (C=O) groups is 2. The van der Waals surface area contributed by atoms with E-state index in [0.717, 1.165) is 23.3 Å². The minimum absolute atomic E-state index is 0.0410. The third-order valence-electron chi connectivity index (χ3n) is 6.06. The van der Waals surface area contributed by atoms with E-state index in [1.165, 1.54) is 16.5 Å². The molecule has 0 spiro atoms. The number of aromatic amines is 1. The number of nitrogens with zero attached hydrogens (tertiary/aromatic N) is 1. The smallest absolute Gasteiger partial charge is 0.231 e. The van der Waals surface area contributed by atoms with Gasteiger partial charge < -0.3 is 24.7 Å². The van der Waals surface area contributed by atoms with Crippen LogP contribution in [0.25, 0.3) is 10.9 Å². The summed E-state index contributed by atoms with van der Waals surface area (Å²) in [4.78, 5) is 30.2. The molecular weight excluding hydrogens is 394 g/mol. The zero-order valence-corrected chi connectivity index (χ0v) is 17.4. The third-order valence-corrected chi connectivity index (χ3v) is 6.06. The topological polar surface area (TPSA) is 83.7 Å². The van der Waals surface area contributed by atoms with E-state index in [-0.39, 0.29) is 30.9 Å². The second-order valence-corrected chi connectivity index (χ2v) is 8.26. The molecule has 3 heterocycles. The summed E-state index contributed by atoms with van der Waals surface area (Å²) < 4.78 is 10.7. The number of likely N-dealkylation sites (tertiary alicyclic amines) is 1. The summed E-state index contributed by atoms with van der Waals surface area (Å²) in [6, 6.07) is 12.0. The maximum atomic E-state index is 12.6. The van der Waals surface area contributed by atoms with Crippen molar-refractivity contribution in [1.82, 2.24) is 15.2 Å². The van der Waals surface area contributed by atoms with Crippen molar-refractivity contribution >= 4 is 22.7 Å². The summed E-state index contributed by atoms with van der Waals surface area (Å²) in [6.07, 6.45) is 3.04. The van der Waals surface area contributed by atoms with Crippen molar-refractivity contribution in [2.75, 3.05) is 19.9 Å². The molecule has 1 atom stereocenters. The average Bonchev–Trinajstić information content (AvgIpc) is 3.48. The molecule has 0 unspecified atom stereocenters. The molecule has 31 heavy (non-hydrogen) atoms. The van der Waals surface area contributed by atoms with Crippen molar-refractivity contribution in [3.05, 3.63) is 59.3 Å². The van der Waals surface area contributed by atoms with Crippen LogP contribution in [-0.4, -0.2) is 41.6 Å². The zero-order chi connectivity index (χ0) is 21.4. The highest BCUT2D eigenvalue weighted by molar-refractivity contribution is 5.89. The van der Waals surface area contributed by atoms with Gasteiger partial charge in [0.15, 0.2) is 11.5 Å². The van der Waals surface area contributed by atoms with Crippen molar-refractivity contribution in [3.63, 3.8) is 0 Å². The first-order valence-electron chi connectivity index (χ1n) is 10.6. The number of amides is 2. The van der Waals surface area contributed by atoms with Gasteiger partial charge in [0.2, 0.25) is 18.6 Å². The molecule has 2 aliphatic heterocycles. The van der Waals surface area contributed by atoms with E-state index in [9.17, 15) is 9.59 Å². The SMILES string of the molecule is Cc1ccc2[nH]cc(CCN3C[C@@H](C(=O)NCc4ccc5c(c4)OCO5)CC3=O)c2c1. The quantitative estimate of drug-likeness (QED) is 0.644. The third kappa shape index (κ3) is 3.95. The normalized spacial score (nSPS) is 17.5. The first kappa shape index (κ1) is 19.5. The molecule has 0 aliphatic carbocycles. The number of hydrogen-bond acceptors (Lipinski definition) is 4. The highest BCUT2D eigenvalue weighted by Crippen LogP contribution is 2.32. The van der Waals surface area contributed by atoms with Crippen LogP contribution in [0.3, 0.4) is 0 Å². The van der Waals surface area contributed by atoms with Crippen molar-refractivity contribution < 1.29 is 19.1 Å². The van der Waals surface area contributed by atoms with E-state index in [0.29, 0.717) is 25.4 Å². The Bertz CT molecular complexity index is 1150. The maximum Gasteiger partial charge on any atom is 0.231 e. The molecule has 0 bridgehead atoms. The molecule has 0 radical (unpaired) electrons. The fourth-order valence-corrected chi connectivity index (χ4v) is 4.30. The predicted octanol–water partition coefficient (Wildman–Crippen LogP) is 2.91. The van der Waals surface area contributed by atoms with Gasteiger partial charge in [0.05, 0.1) is 5.92 Å². The Morgan fingerprint density at radius 1 is 1.19 bits per heavy atom. The summed E-state index contributed by atoms with van der Waals surface area (Å²) >= 11 is 0. The largest absolute Gasteiger partial charge is 0.454 e. The Balaban J connectivity index is 1.16. The first-order valence-corrected chi connectivity index (χ1v) is 10.6. The van der Waals surface area contributed by atoms with E-state index in [4.69, 9.17) is 9.47 Å². The summed E-state index contributed by atoms with van der Waals surface area (Å²) in [6.45, 7) is 3.78. The summed E-state index contributed by atoms with van der Waals surface area (Å²) in [5, 5.41) is 4.15.